The number of carbonyl (C=O) groups is 1. The third-order valence-corrected chi connectivity index (χ3v) is 3.84. The second-order valence-electron chi connectivity index (χ2n) is 4.96. The highest BCUT2D eigenvalue weighted by Gasteiger charge is 2.09. The van der Waals surface area contributed by atoms with E-state index in [1.165, 1.54) is 4.90 Å². The lowest BCUT2D eigenvalue weighted by Crippen LogP contribution is -2.40. The Morgan fingerprint density at radius 3 is 2.40 bits per heavy atom. The van der Waals surface area contributed by atoms with Crippen LogP contribution in [0.25, 0.3) is 0 Å². The average molecular weight is 568 g/mol. The van der Waals surface area contributed by atoms with Crippen molar-refractivity contribution in [1.29, 1.82) is 0 Å². The van der Waals surface area contributed by atoms with Crippen molar-refractivity contribution in [2.24, 2.45) is 4.99 Å². The lowest BCUT2D eigenvalue weighted by atomic mass is 10.3. The summed E-state index contributed by atoms with van der Waals surface area (Å²) >= 11 is 15.5. The van der Waals surface area contributed by atoms with Crippen LogP contribution in [0.5, 0.6) is 5.75 Å². The van der Waals surface area contributed by atoms with Crippen LogP contribution >= 0.6 is 63.1 Å². The van der Waals surface area contributed by atoms with Crippen molar-refractivity contribution in [2.75, 3.05) is 40.3 Å². The number of benzene rings is 1. The van der Waals surface area contributed by atoms with Gasteiger partial charge >= 0.3 is 0 Å². The van der Waals surface area contributed by atoms with E-state index < -0.39 is 0 Å². The minimum absolute atomic E-state index is 0. The van der Waals surface area contributed by atoms with Crippen molar-refractivity contribution < 1.29 is 9.53 Å². The van der Waals surface area contributed by atoms with E-state index in [9.17, 15) is 4.79 Å². The number of halogens is 4. The van der Waals surface area contributed by atoms with E-state index in [-0.39, 0.29) is 36.4 Å². The summed E-state index contributed by atoms with van der Waals surface area (Å²) in [5, 5.41) is 7.02. The molecule has 6 nitrogen and oxygen atoms in total. The SMILES string of the molecule is CCNC(=NCC(=O)N(C)C)NCCOc1c(Cl)cc(Br)cc1Cl.I. The Labute approximate surface area is 183 Å². The van der Waals surface area contributed by atoms with Crippen LogP contribution in [0.3, 0.4) is 0 Å². The van der Waals surface area contributed by atoms with Gasteiger partial charge in [0.25, 0.3) is 0 Å². The number of carbonyl (C=O) groups excluding carboxylic acids is 1. The molecule has 0 spiro atoms. The van der Waals surface area contributed by atoms with Gasteiger partial charge in [-0.3, -0.25) is 4.79 Å². The number of nitrogens with zero attached hydrogens (tertiary/aromatic N) is 2. The molecule has 2 N–H and O–H groups in total. The van der Waals surface area contributed by atoms with Crippen LogP contribution in [0.1, 0.15) is 6.92 Å². The molecule has 0 unspecified atom stereocenters. The first kappa shape index (κ1) is 24.6. The number of hydrogen-bond donors (Lipinski definition) is 2. The fourth-order valence-electron chi connectivity index (χ4n) is 1.62. The van der Waals surface area contributed by atoms with E-state index in [1.807, 2.05) is 6.92 Å². The molecule has 0 atom stereocenters. The van der Waals surface area contributed by atoms with E-state index in [1.54, 1.807) is 26.2 Å². The summed E-state index contributed by atoms with van der Waals surface area (Å²) in [6.07, 6.45) is 0. The van der Waals surface area contributed by atoms with Gasteiger partial charge in [0.05, 0.1) is 16.6 Å². The topological polar surface area (TPSA) is 66.0 Å². The first-order chi connectivity index (χ1) is 11.3. The number of rotatable bonds is 7. The summed E-state index contributed by atoms with van der Waals surface area (Å²) in [4.78, 5) is 17.3. The minimum Gasteiger partial charge on any atom is -0.489 e. The predicted molar refractivity (Wildman–Crippen MR) is 118 cm³/mol. The Bertz CT molecular complexity index is 580. The molecule has 0 bridgehead atoms. The summed E-state index contributed by atoms with van der Waals surface area (Å²) in [5.41, 5.74) is 0. The number of likely N-dealkylation sites (N-methyl/N-ethyl adjacent to an activating group) is 1. The molecule has 0 saturated carbocycles. The maximum Gasteiger partial charge on any atom is 0.243 e. The minimum atomic E-state index is -0.0723. The molecular formula is C15H22BrCl2IN4O2. The molecule has 0 heterocycles. The van der Waals surface area contributed by atoms with Crippen molar-refractivity contribution >= 4 is 75.0 Å². The molecule has 25 heavy (non-hydrogen) atoms. The van der Waals surface area contributed by atoms with E-state index in [2.05, 4.69) is 31.6 Å². The Morgan fingerprint density at radius 2 is 1.88 bits per heavy atom. The predicted octanol–water partition coefficient (Wildman–Crippen LogP) is 3.40. The quantitative estimate of drug-likeness (QED) is 0.229. The van der Waals surface area contributed by atoms with E-state index in [0.717, 1.165) is 4.47 Å². The Morgan fingerprint density at radius 1 is 1.28 bits per heavy atom. The number of ether oxygens (including phenoxy) is 1. The van der Waals surface area contributed by atoms with Gasteiger partial charge in [0.1, 0.15) is 13.2 Å². The first-order valence-electron chi connectivity index (χ1n) is 7.34. The highest BCUT2D eigenvalue weighted by atomic mass is 127. The van der Waals surface area contributed by atoms with Crippen molar-refractivity contribution in [3.63, 3.8) is 0 Å². The standard InChI is InChI=1S/C15H21BrCl2N4O2.HI/c1-4-19-15(21-9-13(23)22(2)3)20-5-6-24-14-11(17)7-10(16)8-12(14)18;/h7-8H,4-6,9H2,1-3H3,(H2,19,20,21);1H. The van der Waals surface area contributed by atoms with Gasteiger partial charge in [-0.05, 0) is 19.1 Å². The molecule has 0 aliphatic rings. The van der Waals surface area contributed by atoms with E-state index in [0.29, 0.717) is 41.5 Å². The molecule has 142 valence electrons. The van der Waals surface area contributed by atoms with Gasteiger partial charge < -0.3 is 20.3 Å². The van der Waals surface area contributed by atoms with Crippen LogP contribution in [0, 0.1) is 0 Å². The summed E-state index contributed by atoms with van der Waals surface area (Å²) in [5.74, 6) is 0.911. The highest BCUT2D eigenvalue weighted by molar-refractivity contribution is 14.0. The van der Waals surface area contributed by atoms with Crippen LogP contribution in [0.4, 0.5) is 0 Å². The molecule has 1 aromatic carbocycles. The number of nitrogens with one attached hydrogen (secondary N) is 2. The Hall–Kier alpha value is -0.450. The zero-order chi connectivity index (χ0) is 18.1. The molecule has 0 saturated heterocycles. The summed E-state index contributed by atoms with van der Waals surface area (Å²) in [6.45, 7) is 3.53. The third-order valence-electron chi connectivity index (χ3n) is 2.82. The fourth-order valence-corrected chi connectivity index (χ4v) is 2.94. The van der Waals surface area contributed by atoms with Crippen molar-refractivity contribution in [2.45, 2.75) is 6.92 Å². The number of guanidine groups is 1. The normalized spacial score (nSPS) is 10.7. The molecule has 1 rings (SSSR count). The maximum atomic E-state index is 11.6. The second kappa shape index (κ2) is 12.8. The van der Waals surface area contributed by atoms with Crippen LogP contribution in [0.2, 0.25) is 10.0 Å². The monoisotopic (exact) mass is 566 g/mol. The van der Waals surface area contributed by atoms with Crippen molar-refractivity contribution in [1.82, 2.24) is 15.5 Å². The highest BCUT2D eigenvalue weighted by Crippen LogP contribution is 2.35. The number of amides is 1. The van der Waals surface area contributed by atoms with Gasteiger partial charge in [-0.2, -0.15) is 0 Å². The summed E-state index contributed by atoms with van der Waals surface area (Å²) < 4.78 is 6.40. The molecule has 1 amide bonds. The van der Waals surface area contributed by atoms with Gasteiger partial charge in [-0.25, -0.2) is 4.99 Å². The number of hydrogen-bond acceptors (Lipinski definition) is 3. The molecule has 0 aliphatic carbocycles. The maximum absolute atomic E-state index is 11.6. The van der Waals surface area contributed by atoms with E-state index in [4.69, 9.17) is 27.9 Å². The van der Waals surface area contributed by atoms with Gasteiger partial charge in [-0.15, -0.1) is 24.0 Å². The molecule has 10 heteroatoms. The average Bonchev–Trinajstić information content (AvgIpc) is 2.50. The Balaban J connectivity index is 0.00000576. The lowest BCUT2D eigenvalue weighted by molar-refractivity contribution is -0.127. The zero-order valence-corrected chi connectivity index (χ0v) is 19.7. The third kappa shape index (κ3) is 9.16. The van der Waals surface area contributed by atoms with Gasteiger partial charge in [0.2, 0.25) is 5.91 Å². The first-order valence-corrected chi connectivity index (χ1v) is 8.89. The summed E-state index contributed by atoms with van der Waals surface area (Å²) in [7, 11) is 3.38. The van der Waals surface area contributed by atoms with Crippen LogP contribution in [-0.2, 0) is 4.79 Å². The molecule has 0 aromatic heterocycles. The van der Waals surface area contributed by atoms with Gasteiger partial charge in [-0.1, -0.05) is 39.1 Å². The molecule has 0 aliphatic heterocycles. The largest absolute Gasteiger partial charge is 0.489 e. The molecule has 0 radical (unpaired) electrons. The fraction of sp³-hybridized carbons (Fsp3) is 0.467. The Kier molecular flexibility index (Phi) is 12.6. The van der Waals surface area contributed by atoms with Crippen LogP contribution in [-0.4, -0.2) is 57.1 Å². The molecule has 1 aromatic rings. The van der Waals surface area contributed by atoms with Gasteiger partial charge in [0, 0.05) is 25.1 Å². The zero-order valence-electron chi connectivity index (χ0n) is 14.2. The second-order valence-corrected chi connectivity index (χ2v) is 6.69. The van der Waals surface area contributed by atoms with Crippen molar-refractivity contribution in [3.8, 4) is 5.75 Å². The molecule has 0 fully saturated rings. The number of aliphatic imine (C=N–C) groups is 1. The van der Waals surface area contributed by atoms with Gasteiger partial charge in [0.15, 0.2) is 11.7 Å². The van der Waals surface area contributed by atoms with Crippen LogP contribution < -0.4 is 15.4 Å². The summed E-state index contributed by atoms with van der Waals surface area (Å²) in [6, 6.07) is 3.43. The van der Waals surface area contributed by atoms with E-state index >= 15 is 0 Å². The van der Waals surface area contributed by atoms with Crippen LogP contribution in [0.15, 0.2) is 21.6 Å². The molecular weight excluding hydrogens is 546 g/mol. The lowest BCUT2D eigenvalue weighted by Gasteiger charge is -2.14. The smallest absolute Gasteiger partial charge is 0.243 e. The van der Waals surface area contributed by atoms with Crippen molar-refractivity contribution in [3.05, 3.63) is 26.7 Å².